The minimum Gasteiger partial charge on any atom is -0.465 e. The number of benzene rings is 1. The third-order valence-corrected chi connectivity index (χ3v) is 8.03. The van der Waals surface area contributed by atoms with Gasteiger partial charge < -0.3 is 14.5 Å². The highest BCUT2D eigenvalue weighted by molar-refractivity contribution is 7.91. The summed E-state index contributed by atoms with van der Waals surface area (Å²) in [5.41, 5.74) is 2.61. The number of rotatable bonds is 6. The van der Waals surface area contributed by atoms with Gasteiger partial charge in [0.2, 0.25) is 21.6 Å². The van der Waals surface area contributed by atoms with E-state index in [1.54, 1.807) is 12.1 Å². The summed E-state index contributed by atoms with van der Waals surface area (Å²) in [6.45, 7) is 3.96. The smallest absolute Gasteiger partial charge is 0.341 e. The minimum absolute atomic E-state index is 0.0557. The quantitative estimate of drug-likeness (QED) is 0.522. The van der Waals surface area contributed by atoms with Crippen molar-refractivity contribution >= 4 is 38.1 Å². The number of fused-ring (bicyclic) bond motifs is 1. The highest BCUT2D eigenvalue weighted by atomic mass is 32.2. The number of amides is 1. The van der Waals surface area contributed by atoms with Gasteiger partial charge in [-0.15, -0.1) is 16.4 Å². The topological polar surface area (TPSA) is 128 Å². The lowest BCUT2D eigenvalue weighted by atomic mass is 9.88. The van der Waals surface area contributed by atoms with Crippen LogP contribution >= 0.6 is 11.3 Å². The summed E-state index contributed by atoms with van der Waals surface area (Å²) in [6, 6.07) is 7.18. The number of methoxy groups -OCH3 is 1. The zero-order valence-corrected chi connectivity index (χ0v) is 20.0. The monoisotopic (exact) mass is 489 g/mol. The Hall–Kier alpha value is -3.05. The molecule has 1 atom stereocenters. The average molecular weight is 490 g/mol. The Morgan fingerprint density at radius 1 is 1.27 bits per heavy atom. The van der Waals surface area contributed by atoms with E-state index in [2.05, 4.69) is 22.4 Å². The lowest BCUT2D eigenvalue weighted by molar-refractivity contribution is -0.113. The molecule has 33 heavy (non-hydrogen) atoms. The molecule has 2 aromatic heterocycles. The predicted molar refractivity (Wildman–Crippen MR) is 122 cm³/mol. The fraction of sp³-hybridized carbons (Fsp3) is 0.364. The number of hydrogen-bond donors (Lipinski definition) is 1. The van der Waals surface area contributed by atoms with Crippen LogP contribution in [0.15, 0.2) is 33.9 Å². The van der Waals surface area contributed by atoms with Crippen LogP contribution in [-0.4, -0.2) is 43.4 Å². The van der Waals surface area contributed by atoms with Gasteiger partial charge in [0, 0.05) is 10.4 Å². The molecular weight excluding hydrogens is 466 g/mol. The molecule has 1 amide bonds. The molecule has 0 saturated carbocycles. The molecule has 2 heterocycles. The number of aromatic nitrogens is 2. The summed E-state index contributed by atoms with van der Waals surface area (Å²) in [5, 5.41) is 9.69. The van der Waals surface area contributed by atoms with Crippen molar-refractivity contribution in [1.29, 1.82) is 0 Å². The van der Waals surface area contributed by atoms with Crippen molar-refractivity contribution in [2.75, 3.05) is 18.2 Å². The number of nitrogens with zero attached hydrogens (tertiary/aromatic N) is 2. The van der Waals surface area contributed by atoms with Crippen LogP contribution in [0.5, 0.6) is 0 Å². The molecule has 1 aliphatic carbocycles. The van der Waals surface area contributed by atoms with Crippen LogP contribution in [0, 0.1) is 12.8 Å². The predicted octanol–water partition coefficient (Wildman–Crippen LogP) is 3.43. The molecule has 0 aliphatic heterocycles. The van der Waals surface area contributed by atoms with Crippen LogP contribution in [0.3, 0.4) is 0 Å². The fourth-order valence-corrected chi connectivity index (χ4v) is 6.14. The van der Waals surface area contributed by atoms with Crippen molar-refractivity contribution in [3.05, 3.63) is 45.8 Å². The van der Waals surface area contributed by atoms with Gasteiger partial charge >= 0.3 is 11.2 Å². The number of carbonyl (C=O) groups is 2. The Bertz CT molecular complexity index is 1330. The molecule has 9 nitrogen and oxygen atoms in total. The molecule has 1 unspecified atom stereocenters. The van der Waals surface area contributed by atoms with Crippen LogP contribution in [0.1, 0.15) is 39.7 Å². The highest BCUT2D eigenvalue weighted by Gasteiger charge is 2.31. The van der Waals surface area contributed by atoms with Gasteiger partial charge in [0.15, 0.2) is 0 Å². The lowest BCUT2D eigenvalue weighted by Crippen LogP contribution is -2.24. The lowest BCUT2D eigenvalue weighted by Gasteiger charge is -2.18. The first-order valence-corrected chi connectivity index (χ1v) is 12.8. The van der Waals surface area contributed by atoms with E-state index in [1.165, 1.54) is 18.4 Å². The Labute approximate surface area is 195 Å². The van der Waals surface area contributed by atoms with E-state index in [1.807, 2.05) is 19.1 Å². The number of sulfone groups is 1. The van der Waals surface area contributed by atoms with Gasteiger partial charge in [-0.3, -0.25) is 4.79 Å². The zero-order valence-electron chi connectivity index (χ0n) is 18.4. The standard InChI is InChI=1S/C22H23N3O6S2/c1-12-8-9-15-16(10-12)32-20(18(15)21(27)30-3)23-17(26)11-33(28,29)22-25-24-19(31-22)14-7-5-4-6-13(14)2/h4-7,12H,8-11H2,1-3H3,(H,23,26). The van der Waals surface area contributed by atoms with Gasteiger partial charge in [0.05, 0.1) is 12.7 Å². The zero-order chi connectivity index (χ0) is 23.8. The number of nitrogens with one attached hydrogen (secondary N) is 1. The van der Waals surface area contributed by atoms with E-state index in [0.29, 0.717) is 28.5 Å². The van der Waals surface area contributed by atoms with Gasteiger partial charge in [0.25, 0.3) is 0 Å². The molecule has 1 aromatic carbocycles. The third kappa shape index (κ3) is 4.69. The molecule has 0 radical (unpaired) electrons. The molecule has 1 N–H and O–H groups in total. The van der Waals surface area contributed by atoms with Gasteiger partial charge in [-0.05, 0) is 49.3 Å². The summed E-state index contributed by atoms with van der Waals surface area (Å²) in [5.74, 6) is -1.74. The van der Waals surface area contributed by atoms with Crippen LogP contribution < -0.4 is 5.32 Å². The first-order valence-electron chi connectivity index (χ1n) is 10.3. The van der Waals surface area contributed by atoms with E-state index in [4.69, 9.17) is 9.15 Å². The summed E-state index contributed by atoms with van der Waals surface area (Å²) >= 11 is 1.28. The first kappa shape index (κ1) is 23.1. The van der Waals surface area contributed by atoms with Crippen LogP contribution in [0.2, 0.25) is 0 Å². The van der Waals surface area contributed by atoms with E-state index in [-0.39, 0.29) is 5.89 Å². The maximum atomic E-state index is 12.7. The first-order chi connectivity index (χ1) is 15.7. The molecule has 174 valence electrons. The SMILES string of the molecule is COC(=O)c1c(NC(=O)CS(=O)(=O)c2nnc(-c3ccccc3C)o2)sc2c1CCC(C)C2. The fourth-order valence-electron chi connectivity index (χ4n) is 3.81. The maximum absolute atomic E-state index is 12.7. The second kappa shape index (κ2) is 9.06. The normalized spacial score (nSPS) is 15.7. The molecule has 11 heteroatoms. The number of carbonyl (C=O) groups excluding carboxylic acids is 2. The number of anilines is 1. The highest BCUT2D eigenvalue weighted by Crippen LogP contribution is 2.40. The summed E-state index contributed by atoms with van der Waals surface area (Å²) in [6.07, 6.45) is 2.42. The second-order valence-electron chi connectivity index (χ2n) is 8.04. The molecular formula is C22H23N3O6S2. The summed E-state index contributed by atoms with van der Waals surface area (Å²) < 4.78 is 35.7. The number of aryl methyl sites for hydroxylation is 1. The summed E-state index contributed by atoms with van der Waals surface area (Å²) in [7, 11) is -2.92. The Kier molecular flexibility index (Phi) is 6.35. The van der Waals surface area contributed by atoms with Crippen LogP contribution in [0.25, 0.3) is 11.5 Å². The average Bonchev–Trinajstić information content (AvgIpc) is 3.38. The summed E-state index contributed by atoms with van der Waals surface area (Å²) in [4.78, 5) is 26.0. The van der Waals surface area contributed by atoms with Gasteiger partial charge in [-0.2, -0.15) is 0 Å². The minimum atomic E-state index is -4.19. The molecule has 4 rings (SSSR count). The van der Waals surface area contributed by atoms with Gasteiger partial charge in [-0.25, -0.2) is 13.2 Å². The van der Waals surface area contributed by atoms with Gasteiger partial charge in [0.1, 0.15) is 10.8 Å². The molecule has 1 aliphatic rings. The van der Waals surface area contributed by atoms with Crippen molar-refractivity contribution in [1.82, 2.24) is 10.2 Å². The molecule has 0 saturated heterocycles. The van der Waals surface area contributed by atoms with E-state index >= 15 is 0 Å². The largest absolute Gasteiger partial charge is 0.465 e. The van der Waals surface area contributed by atoms with E-state index < -0.39 is 32.7 Å². The van der Waals surface area contributed by atoms with E-state index in [9.17, 15) is 18.0 Å². The van der Waals surface area contributed by atoms with E-state index in [0.717, 1.165) is 28.8 Å². The van der Waals surface area contributed by atoms with Crippen molar-refractivity contribution in [2.24, 2.45) is 5.92 Å². The maximum Gasteiger partial charge on any atom is 0.341 e. The Balaban J connectivity index is 1.55. The third-order valence-electron chi connectivity index (χ3n) is 5.52. The molecule has 0 bridgehead atoms. The number of thiophene rings is 1. The Morgan fingerprint density at radius 3 is 2.76 bits per heavy atom. The van der Waals surface area contributed by atoms with Crippen LogP contribution in [0.4, 0.5) is 5.00 Å². The number of esters is 1. The van der Waals surface area contributed by atoms with Crippen molar-refractivity contribution in [2.45, 2.75) is 38.3 Å². The molecule has 3 aromatic rings. The second-order valence-corrected chi connectivity index (χ2v) is 11.0. The molecule has 0 spiro atoms. The van der Waals surface area contributed by atoms with Crippen molar-refractivity contribution in [3.8, 4) is 11.5 Å². The Morgan fingerprint density at radius 2 is 2.03 bits per heavy atom. The van der Waals surface area contributed by atoms with Crippen molar-refractivity contribution in [3.63, 3.8) is 0 Å². The number of hydrogen-bond acceptors (Lipinski definition) is 9. The number of ether oxygens (including phenoxy) is 1. The van der Waals surface area contributed by atoms with Crippen LogP contribution in [-0.2, 0) is 32.2 Å². The van der Waals surface area contributed by atoms with Gasteiger partial charge in [-0.1, -0.05) is 30.2 Å². The van der Waals surface area contributed by atoms with Crippen molar-refractivity contribution < 1.29 is 27.2 Å². The molecule has 0 fully saturated rings.